The second kappa shape index (κ2) is 9.78. The van der Waals surface area contributed by atoms with Crippen molar-refractivity contribution in [2.75, 3.05) is 19.6 Å². The van der Waals surface area contributed by atoms with Gasteiger partial charge in [-0.2, -0.15) is 0 Å². The molecule has 1 aliphatic carbocycles. The number of aryl methyl sites for hydroxylation is 2. The lowest BCUT2D eigenvalue weighted by molar-refractivity contribution is -0.144. The predicted octanol–water partition coefficient (Wildman–Crippen LogP) is 2.70. The van der Waals surface area contributed by atoms with Crippen LogP contribution < -0.4 is 15.7 Å². The van der Waals surface area contributed by atoms with Crippen molar-refractivity contribution in [3.63, 3.8) is 0 Å². The smallest absolute Gasteiger partial charge is 0.336 e. The lowest BCUT2D eigenvalue weighted by atomic mass is 9.71. The molecule has 34 heavy (non-hydrogen) atoms. The van der Waals surface area contributed by atoms with Gasteiger partial charge < -0.3 is 24.5 Å². The molecule has 0 unspecified atom stereocenters. The number of aliphatic hydroxyl groups is 1. The normalized spacial score (nSPS) is 23.3. The molecule has 0 radical (unpaired) electrons. The van der Waals surface area contributed by atoms with E-state index in [9.17, 15) is 19.5 Å². The Morgan fingerprint density at radius 3 is 2.88 bits per heavy atom. The minimum atomic E-state index is -0.838. The van der Waals surface area contributed by atoms with Crippen LogP contribution in [0.1, 0.15) is 57.1 Å². The highest BCUT2D eigenvalue weighted by atomic mass is 16.5. The summed E-state index contributed by atoms with van der Waals surface area (Å²) in [5.41, 5.74) is 0.939. The van der Waals surface area contributed by atoms with Crippen molar-refractivity contribution >= 4 is 22.8 Å². The SMILES string of the molecule is CCc1cc(=O)oc2c(C)c(O[C@H](C)C(=O)NCC(=O)N3CC[C@@]4(O)CCCC[C@H]4C3)ccc12. The maximum absolute atomic E-state index is 12.7. The quantitative estimate of drug-likeness (QED) is 0.629. The van der Waals surface area contributed by atoms with E-state index in [0.29, 0.717) is 42.8 Å². The van der Waals surface area contributed by atoms with E-state index >= 15 is 0 Å². The summed E-state index contributed by atoms with van der Waals surface area (Å²) in [4.78, 5) is 39.0. The van der Waals surface area contributed by atoms with Crippen LogP contribution >= 0.6 is 0 Å². The van der Waals surface area contributed by atoms with Gasteiger partial charge in [0.25, 0.3) is 5.91 Å². The van der Waals surface area contributed by atoms with E-state index in [1.807, 2.05) is 13.0 Å². The van der Waals surface area contributed by atoms with Gasteiger partial charge in [0.05, 0.1) is 12.1 Å². The number of carbonyl (C=O) groups excluding carboxylic acids is 2. The van der Waals surface area contributed by atoms with Gasteiger partial charge >= 0.3 is 5.63 Å². The van der Waals surface area contributed by atoms with Crippen molar-refractivity contribution in [2.45, 2.75) is 71.0 Å². The van der Waals surface area contributed by atoms with Crippen LogP contribution in [0.25, 0.3) is 11.0 Å². The molecule has 3 atom stereocenters. The van der Waals surface area contributed by atoms with Crippen molar-refractivity contribution < 1.29 is 23.8 Å². The summed E-state index contributed by atoms with van der Waals surface area (Å²) >= 11 is 0. The van der Waals surface area contributed by atoms with Crippen LogP contribution in [0.3, 0.4) is 0 Å². The topological polar surface area (TPSA) is 109 Å². The number of hydrogen-bond donors (Lipinski definition) is 2. The van der Waals surface area contributed by atoms with Crippen molar-refractivity contribution in [1.29, 1.82) is 0 Å². The zero-order valence-corrected chi connectivity index (χ0v) is 20.2. The van der Waals surface area contributed by atoms with Crippen molar-refractivity contribution in [3.8, 4) is 5.75 Å². The van der Waals surface area contributed by atoms with Crippen LogP contribution in [-0.4, -0.2) is 53.2 Å². The highest BCUT2D eigenvalue weighted by Crippen LogP contribution is 2.39. The first-order chi connectivity index (χ1) is 16.2. The Hall–Kier alpha value is -2.87. The second-order valence-electron chi connectivity index (χ2n) is 9.62. The molecule has 8 nitrogen and oxygen atoms in total. The number of fused-ring (bicyclic) bond motifs is 2. The highest BCUT2D eigenvalue weighted by molar-refractivity contribution is 5.88. The zero-order valence-electron chi connectivity index (χ0n) is 20.2. The first-order valence-corrected chi connectivity index (χ1v) is 12.2. The standard InChI is InChI=1S/C26H34N2O6/c1-4-18-13-23(30)34-24-16(2)21(9-8-20(18)24)33-17(3)25(31)27-14-22(29)28-12-11-26(32)10-6-5-7-19(26)15-28/h8-9,13,17,19,32H,4-7,10-12,14-15H2,1-3H3,(H,27,31)/t17-,19+,26+/m1/s1. The number of nitrogens with one attached hydrogen (secondary N) is 1. The fourth-order valence-electron chi connectivity index (χ4n) is 5.29. The van der Waals surface area contributed by atoms with Gasteiger partial charge in [0, 0.05) is 36.0 Å². The second-order valence-corrected chi connectivity index (χ2v) is 9.62. The molecule has 1 aromatic carbocycles. The Morgan fingerprint density at radius 2 is 2.12 bits per heavy atom. The summed E-state index contributed by atoms with van der Waals surface area (Å²) in [5, 5.41) is 14.3. The average molecular weight is 471 g/mol. The lowest BCUT2D eigenvalue weighted by Crippen LogP contribution is -2.56. The van der Waals surface area contributed by atoms with E-state index in [0.717, 1.165) is 36.6 Å². The predicted molar refractivity (Wildman–Crippen MR) is 128 cm³/mol. The molecule has 0 bridgehead atoms. The number of ether oxygens (including phenoxy) is 1. The number of benzene rings is 1. The molecule has 2 aliphatic rings. The van der Waals surface area contributed by atoms with Gasteiger partial charge in [-0.05, 0) is 57.2 Å². The summed E-state index contributed by atoms with van der Waals surface area (Å²) in [6.07, 6.45) is 4.31. The molecule has 0 spiro atoms. The Kier molecular flexibility index (Phi) is 6.98. The Morgan fingerprint density at radius 1 is 1.32 bits per heavy atom. The van der Waals surface area contributed by atoms with Crippen LogP contribution in [0.5, 0.6) is 5.75 Å². The maximum Gasteiger partial charge on any atom is 0.336 e. The van der Waals surface area contributed by atoms with Gasteiger partial charge in [0.15, 0.2) is 6.10 Å². The molecule has 2 heterocycles. The number of piperidine rings is 1. The van der Waals surface area contributed by atoms with E-state index < -0.39 is 23.2 Å². The maximum atomic E-state index is 12.7. The summed E-state index contributed by atoms with van der Waals surface area (Å²) in [5.74, 6) is 0.0123. The first-order valence-electron chi connectivity index (χ1n) is 12.2. The number of likely N-dealkylation sites (tertiary alicyclic amines) is 1. The molecule has 8 heteroatoms. The molecule has 2 aromatic rings. The van der Waals surface area contributed by atoms with Gasteiger partial charge in [0.2, 0.25) is 5.91 Å². The van der Waals surface area contributed by atoms with E-state index in [2.05, 4.69) is 5.32 Å². The summed E-state index contributed by atoms with van der Waals surface area (Å²) in [7, 11) is 0. The molecule has 2 amide bonds. The molecule has 2 fully saturated rings. The number of nitrogens with zero attached hydrogens (tertiary/aromatic N) is 1. The Balaban J connectivity index is 1.35. The summed E-state index contributed by atoms with van der Waals surface area (Å²) in [6, 6.07) is 5.09. The molecule has 1 aromatic heterocycles. The van der Waals surface area contributed by atoms with Crippen LogP contribution in [0.15, 0.2) is 27.4 Å². The van der Waals surface area contributed by atoms with Crippen molar-refractivity contribution in [2.24, 2.45) is 5.92 Å². The Labute approximate surface area is 199 Å². The molecule has 184 valence electrons. The van der Waals surface area contributed by atoms with Gasteiger partial charge in [-0.3, -0.25) is 9.59 Å². The molecule has 1 saturated heterocycles. The third kappa shape index (κ3) is 4.82. The monoisotopic (exact) mass is 470 g/mol. The van der Waals surface area contributed by atoms with Gasteiger partial charge in [-0.15, -0.1) is 0 Å². The molecular weight excluding hydrogens is 436 g/mol. The van der Waals surface area contributed by atoms with Crippen LogP contribution in [0.4, 0.5) is 0 Å². The minimum Gasteiger partial charge on any atom is -0.480 e. The van der Waals surface area contributed by atoms with E-state index in [1.54, 1.807) is 24.8 Å². The van der Waals surface area contributed by atoms with Gasteiger partial charge in [-0.25, -0.2) is 4.79 Å². The van der Waals surface area contributed by atoms with Crippen LogP contribution in [0.2, 0.25) is 0 Å². The van der Waals surface area contributed by atoms with Gasteiger partial charge in [0.1, 0.15) is 11.3 Å². The van der Waals surface area contributed by atoms with Crippen molar-refractivity contribution in [1.82, 2.24) is 10.2 Å². The van der Waals surface area contributed by atoms with Crippen LogP contribution in [-0.2, 0) is 16.0 Å². The molecular formula is C26H34N2O6. The fraction of sp³-hybridized carbons (Fsp3) is 0.577. The molecule has 2 N–H and O–H groups in total. The first kappa shape index (κ1) is 24.3. The summed E-state index contributed by atoms with van der Waals surface area (Å²) < 4.78 is 11.3. The molecule has 1 aliphatic heterocycles. The minimum absolute atomic E-state index is 0.108. The lowest BCUT2D eigenvalue weighted by Gasteiger charge is -2.47. The largest absolute Gasteiger partial charge is 0.480 e. The van der Waals surface area contributed by atoms with Crippen molar-refractivity contribution in [3.05, 3.63) is 39.7 Å². The highest BCUT2D eigenvalue weighted by Gasteiger charge is 2.43. The number of carbonyl (C=O) groups is 2. The number of rotatable bonds is 6. The third-order valence-corrected chi connectivity index (χ3v) is 7.44. The zero-order chi connectivity index (χ0) is 24.5. The van der Waals surface area contributed by atoms with E-state index in [4.69, 9.17) is 9.15 Å². The van der Waals surface area contributed by atoms with Crippen LogP contribution in [0, 0.1) is 12.8 Å². The van der Waals surface area contributed by atoms with E-state index in [1.165, 1.54) is 6.07 Å². The van der Waals surface area contributed by atoms with E-state index in [-0.39, 0.29) is 18.4 Å². The van der Waals surface area contributed by atoms with Gasteiger partial charge in [-0.1, -0.05) is 19.8 Å². The molecule has 4 rings (SSSR count). The Bertz CT molecular complexity index is 1140. The number of hydrogen-bond acceptors (Lipinski definition) is 6. The third-order valence-electron chi connectivity index (χ3n) is 7.44. The fourth-order valence-corrected chi connectivity index (χ4v) is 5.29. The summed E-state index contributed by atoms with van der Waals surface area (Å²) in [6.45, 7) is 6.32. The average Bonchev–Trinajstić information content (AvgIpc) is 2.83. The number of amides is 2. The molecule has 1 saturated carbocycles.